The molecule has 1 aliphatic rings. The predicted molar refractivity (Wildman–Crippen MR) is 154 cm³/mol. The van der Waals surface area contributed by atoms with Gasteiger partial charge in [-0.15, -0.1) is 6.58 Å². The summed E-state index contributed by atoms with van der Waals surface area (Å²) in [4.78, 5) is 35.8. The number of hydrogen-bond acceptors (Lipinski definition) is 6. The highest BCUT2D eigenvalue weighted by atomic mass is 32.2. The number of amidine groups is 1. The van der Waals surface area contributed by atoms with Crippen molar-refractivity contribution < 1.29 is 15.4 Å². The van der Waals surface area contributed by atoms with E-state index in [1.54, 1.807) is 36.6 Å². The maximum Gasteiger partial charge on any atom is 0.346 e. The van der Waals surface area contributed by atoms with Crippen molar-refractivity contribution in [3.8, 4) is 0 Å². The standard InChI is InChI=1S/C20H22N4O2S.C8H7NO.H2/c1-3-5-11-22-19(21)15-9-10-17(14(4-2)12-15)23-20(26)24-18-8-6-7-16(25)13-27-18;1-6-3-2-4-7-8(6)9-5-10-7;/h3,6,8-12,21H,1,4-5,7,13H2,2H3,(H,23,26);2-5H,1H3;1H/b21-19?,22-11?,24-18-;;. The van der Waals surface area contributed by atoms with Crippen LogP contribution in [0.3, 0.4) is 0 Å². The first-order chi connectivity index (χ1) is 17.9. The molecule has 8 nitrogen and oxygen atoms in total. The number of carbonyl (C=O) groups is 2. The van der Waals surface area contributed by atoms with Crippen LogP contribution >= 0.6 is 11.8 Å². The molecule has 37 heavy (non-hydrogen) atoms. The first-order valence-corrected chi connectivity index (χ1v) is 12.7. The molecule has 3 aromatic rings. The summed E-state index contributed by atoms with van der Waals surface area (Å²) in [6.45, 7) is 7.60. The zero-order chi connectivity index (χ0) is 26.6. The number of fused-ring (bicyclic) bond motifs is 1. The quantitative estimate of drug-likeness (QED) is 0.219. The van der Waals surface area contributed by atoms with E-state index in [-0.39, 0.29) is 13.0 Å². The first-order valence-electron chi connectivity index (χ1n) is 11.8. The number of thioether (sulfide) groups is 1. The van der Waals surface area contributed by atoms with Crippen molar-refractivity contribution in [3.05, 3.63) is 84.3 Å². The van der Waals surface area contributed by atoms with Gasteiger partial charge in [0.2, 0.25) is 0 Å². The molecule has 1 aromatic heterocycles. The molecular formula is C28H31N5O3S. The average Bonchev–Trinajstić information content (AvgIpc) is 3.29. The van der Waals surface area contributed by atoms with Crippen LogP contribution in [-0.2, 0) is 11.2 Å². The largest absolute Gasteiger partial charge is 0.443 e. The number of aromatic nitrogens is 1. The Hall–Kier alpha value is -4.11. The molecular weight excluding hydrogens is 486 g/mol. The number of rotatable bonds is 5. The maximum absolute atomic E-state index is 12.2. The minimum atomic E-state index is -0.488. The molecule has 1 aliphatic heterocycles. The van der Waals surface area contributed by atoms with Gasteiger partial charge in [0, 0.05) is 31.7 Å². The lowest BCUT2D eigenvalue weighted by Crippen LogP contribution is -2.11. The molecule has 0 aliphatic carbocycles. The zero-order valence-corrected chi connectivity index (χ0v) is 21.7. The molecule has 2 N–H and O–H groups in total. The molecule has 2 aromatic carbocycles. The van der Waals surface area contributed by atoms with Gasteiger partial charge in [0.05, 0.1) is 5.75 Å². The Morgan fingerprint density at radius 2 is 2.19 bits per heavy atom. The number of amides is 2. The van der Waals surface area contributed by atoms with E-state index in [1.165, 1.54) is 18.2 Å². The number of ketones is 1. The predicted octanol–water partition coefficient (Wildman–Crippen LogP) is 6.80. The Labute approximate surface area is 221 Å². The summed E-state index contributed by atoms with van der Waals surface area (Å²) in [5.74, 6) is 0.598. The van der Waals surface area contributed by atoms with E-state index in [0.717, 1.165) is 22.2 Å². The van der Waals surface area contributed by atoms with E-state index in [2.05, 4.69) is 26.9 Å². The van der Waals surface area contributed by atoms with Crippen LogP contribution in [0, 0.1) is 12.3 Å². The lowest BCUT2D eigenvalue weighted by atomic mass is 10.1. The molecule has 0 saturated heterocycles. The molecule has 2 heterocycles. The SMILES string of the molecule is C=CCC=NC(=N)c1ccc(NC(=O)/N=C2/C=CCC(=O)CS2)c(CC)c1.Cc1cccc2ocnc12.[HH]. The minimum absolute atomic E-state index is 0. The summed E-state index contributed by atoms with van der Waals surface area (Å²) >= 11 is 1.26. The normalized spacial score (nSPS) is 14.3. The molecule has 0 bridgehead atoms. The first kappa shape index (κ1) is 27.5. The van der Waals surface area contributed by atoms with Crippen LogP contribution in [0.4, 0.5) is 10.5 Å². The summed E-state index contributed by atoms with van der Waals surface area (Å²) in [5.41, 5.74) is 5.20. The van der Waals surface area contributed by atoms with E-state index >= 15 is 0 Å². The number of carbonyl (C=O) groups excluding carboxylic acids is 2. The van der Waals surface area contributed by atoms with Crippen molar-refractivity contribution in [1.82, 2.24) is 4.98 Å². The average molecular weight is 518 g/mol. The minimum Gasteiger partial charge on any atom is -0.443 e. The van der Waals surface area contributed by atoms with E-state index in [9.17, 15) is 9.59 Å². The molecule has 0 unspecified atom stereocenters. The van der Waals surface area contributed by atoms with Crippen LogP contribution < -0.4 is 5.32 Å². The highest BCUT2D eigenvalue weighted by Gasteiger charge is 2.11. The van der Waals surface area contributed by atoms with Crippen LogP contribution in [0.25, 0.3) is 11.1 Å². The number of urea groups is 1. The molecule has 9 heteroatoms. The second-order valence-corrected chi connectivity index (χ2v) is 8.99. The van der Waals surface area contributed by atoms with Crippen LogP contribution in [-0.4, -0.2) is 39.6 Å². The fraction of sp³-hybridized carbons (Fsp3) is 0.214. The number of anilines is 1. The van der Waals surface area contributed by atoms with Gasteiger partial charge in [0.1, 0.15) is 16.3 Å². The van der Waals surface area contributed by atoms with Crippen LogP contribution in [0.1, 0.15) is 37.9 Å². The third kappa shape index (κ3) is 8.22. The number of aryl methyl sites for hydroxylation is 2. The van der Waals surface area contributed by atoms with Crippen LogP contribution in [0.2, 0.25) is 0 Å². The Balaban J connectivity index is 0.000000382. The van der Waals surface area contributed by atoms with Crippen LogP contribution in [0.15, 0.2) is 82.0 Å². The highest BCUT2D eigenvalue weighted by Crippen LogP contribution is 2.20. The number of allylic oxidation sites excluding steroid dienone is 2. The van der Waals surface area contributed by atoms with Crippen molar-refractivity contribution in [2.24, 2.45) is 9.98 Å². The molecule has 0 spiro atoms. The Bertz CT molecular complexity index is 1390. The third-order valence-electron chi connectivity index (χ3n) is 5.25. The van der Waals surface area contributed by atoms with Gasteiger partial charge in [-0.05, 0) is 54.8 Å². The van der Waals surface area contributed by atoms with Crippen molar-refractivity contribution in [1.29, 1.82) is 5.41 Å². The van der Waals surface area contributed by atoms with Crippen molar-refractivity contribution >= 4 is 57.5 Å². The summed E-state index contributed by atoms with van der Waals surface area (Å²) < 4.78 is 5.09. The number of hydrogen-bond donors (Lipinski definition) is 2. The fourth-order valence-corrected chi connectivity index (χ4v) is 4.11. The van der Waals surface area contributed by atoms with E-state index in [4.69, 9.17) is 9.83 Å². The number of nitrogens with one attached hydrogen (secondary N) is 2. The number of para-hydroxylation sites is 1. The second kappa shape index (κ2) is 13.8. The van der Waals surface area contributed by atoms with Gasteiger partial charge in [0.15, 0.2) is 17.8 Å². The van der Waals surface area contributed by atoms with Crippen molar-refractivity contribution in [3.63, 3.8) is 0 Å². The Kier molecular flexibility index (Phi) is 10.3. The van der Waals surface area contributed by atoms with Gasteiger partial charge in [-0.3, -0.25) is 10.2 Å². The van der Waals surface area contributed by atoms with Crippen molar-refractivity contribution in [2.75, 3.05) is 11.1 Å². The molecule has 0 atom stereocenters. The zero-order valence-electron chi connectivity index (χ0n) is 20.9. The summed E-state index contributed by atoms with van der Waals surface area (Å²) in [6, 6.07) is 10.7. The lowest BCUT2D eigenvalue weighted by molar-refractivity contribution is -0.115. The number of Topliss-reactive ketones (excluding diaryl/α,β-unsaturated/α-hetero) is 1. The summed E-state index contributed by atoms with van der Waals surface area (Å²) in [7, 11) is 0. The van der Waals surface area contributed by atoms with E-state index < -0.39 is 6.03 Å². The molecule has 192 valence electrons. The topological polar surface area (TPSA) is 121 Å². The molecule has 0 saturated carbocycles. The summed E-state index contributed by atoms with van der Waals surface area (Å²) in [6.07, 6.45) is 9.90. The van der Waals surface area contributed by atoms with Gasteiger partial charge in [-0.25, -0.2) is 14.8 Å². The Morgan fingerprint density at radius 3 is 2.95 bits per heavy atom. The van der Waals surface area contributed by atoms with Gasteiger partial charge in [-0.1, -0.05) is 43.0 Å². The maximum atomic E-state index is 12.2. The molecule has 0 fully saturated rings. The van der Waals surface area contributed by atoms with Gasteiger partial charge in [0.25, 0.3) is 0 Å². The lowest BCUT2D eigenvalue weighted by Gasteiger charge is -2.10. The Morgan fingerprint density at radius 1 is 1.35 bits per heavy atom. The van der Waals surface area contributed by atoms with Crippen molar-refractivity contribution in [2.45, 2.75) is 33.1 Å². The number of benzene rings is 2. The second-order valence-electron chi connectivity index (χ2n) is 8.00. The summed E-state index contributed by atoms with van der Waals surface area (Å²) in [5, 5.41) is 11.3. The van der Waals surface area contributed by atoms with Gasteiger partial charge >= 0.3 is 6.03 Å². The van der Waals surface area contributed by atoms with Gasteiger partial charge < -0.3 is 9.73 Å². The fourth-order valence-electron chi connectivity index (χ4n) is 3.34. The highest BCUT2D eigenvalue weighted by molar-refractivity contribution is 8.14. The number of nitrogens with zero attached hydrogens (tertiary/aromatic N) is 3. The molecule has 0 radical (unpaired) electrons. The van der Waals surface area contributed by atoms with E-state index in [0.29, 0.717) is 41.3 Å². The number of oxazole rings is 1. The van der Waals surface area contributed by atoms with E-state index in [1.807, 2.05) is 38.1 Å². The van der Waals surface area contributed by atoms with Gasteiger partial charge in [-0.2, -0.15) is 4.99 Å². The monoisotopic (exact) mass is 517 g/mol. The molecule has 2 amide bonds. The number of aliphatic imine (C=N–C) groups is 2. The van der Waals surface area contributed by atoms with Crippen LogP contribution in [0.5, 0.6) is 0 Å². The third-order valence-corrected chi connectivity index (χ3v) is 6.24. The smallest absolute Gasteiger partial charge is 0.346 e. The molecule has 4 rings (SSSR count).